The van der Waals surface area contributed by atoms with Gasteiger partial charge in [-0.25, -0.2) is 15.2 Å². The van der Waals surface area contributed by atoms with Crippen molar-refractivity contribution >= 4 is 12.5 Å². The minimum absolute atomic E-state index is 0.0472. The van der Waals surface area contributed by atoms with Crippen molar-refractivity contribution in [1.29, 1.82) is 10.5 Å². The third-order valence-electron chi connectivity index (χ3n) is 3.46. The second kappa shape index (κ2) is 5.06. The predicted octanol–water partition coefficient (Wildman–Crippen LogP) is 1.87. The van der Waals surface area contributed by atoms with Gasteiger partial charge >= 0.3 is 0 Å². The lowest BCUT2D eigenvalue weighted by Gasteiger charge is -2.35. The van der Waals surface area contributed by atoms with E-state index < -0.39 is 0 Å². The lowest BCUT2D eigenvalue weighted by Crippen LogP contribution is -2.40. The summed E-state index contributed by atoms with van der Waals surface area (Å²) in [6.07, 6.45) is 5.29. The van der Waals surface area contributed by atoms with Crippen LogP contribution < -0.4 is 5.32 Å². The number of hydrogen-bond donors (Lipinski definition) is 1. The molecule has 0 aliphatic carbocycles. The molecule has 0 aromatic carbocycles. The molecule has 1 fully saturated rings. The Morgan fingerprint density at radius 2 is 2.11 bits per heavy atom. The van der Waals surface area contributed by atoms with Crippen LogP contribution in [-0.2, 0) is 0 Å². The molecule has 1 aliphatic rings. The maximum atomic E-state index is 8.89. The Bertz CT molecular complexity index is 508. The van der Waals surface area contributed by atoms with E-state index in [-0.39, 0.29) is 18.1 Å². The summed E-state index contributed by atoms with van der Waals surface area (Å²) in [4.78, 5) is 7.97. The van der Waals surface area contributed by atoms with Crippen molar-refractivity contribution in [1.82, 2.24) is 9.97 Å². The van der Waals surface area contributed by atoms with E-state index in [1.807, 2.05) is 6.07 Å². The topological polar surface area (TPSA) is 85.4 Å². The van der Waals surface area contributed by atoms with Gasteiger partial charge in [0.1, 0.15) is 11.9 Å². The molecule has 1 N–H and O–H groups in total. The third kappa shape index (κ3) is 2.78. The highest BCUT2D eigenvalue weighted by atomic mass is 15.1. The van der Waals surface area contributed by atoms with Gasteiger partial charge < -0.3 is 5.32 Å². The zero-order chi connectivity index (χ0) is 13.0. The van der Waals surface area contributed by atoms with Crippen LogP contribution in [0.3, 0.4) is 0 Å². The fourth-order valence-electron chi connectivity index (χ4n) is 2.30. The average molecular weight is 239 g/mol. The predicted molar refractivity (Wildman–Crippen MR) is 69.0 cm³/mol. The van der Waals surface area contributed by atoms with Gasteiger partial charge in [-0.05, 0) is 25.8 Å². The van der Waals surface area contributed by atoms with Crippen LogP contribution in [0.4, 0.5) is 5.82 Å². The van der Waals surface area contributed by atoms with Gasteiger partial charge in [-0.15, -0.1) is 0 Å². The van der Waals surface area contributed by atoms with Crippen LogP contribution in [0.15, 0.2) is 12.3 Å². The van der Waals surface area contributed by atoms with Crippen molar-refractivity contribution in [3.8, 4) is 12.0 Å². The van der Waals surface area contributed by atoms with Gasteiger partial charge in [0.25, 0.3) is 6.71 Å². The van der Waals surface area contributed by atoms with E-state index in [4.69, 9.17) is 10.5 Å². The zero-order valence-electron chi connectivity index (χ0n) is 10.3. The lowest BCUT2D eigenvalue weighted by molar-refractivity contribution is 0.457. The van der Waals surface area contributed by atoms with Gasteiger partial charge in [0.05, 0.1) is 0 Å². The monoisotopic (exact) mass is 239 g/mol. The maximum absolute atomic E-state index is 8.89. The van der Waals surface area contributed by atoms with Gasteiger partial charge in [0, 0.05) is 17.7 Å². The van der Waals surface area contributed by atoms with E-state index in [1.54, 1.807) is 12.3 Å². The van der Waals surface area contributed by atoms with E-state index in [2.05, 4.69) is 28.2 Å². The Morgan fingerprint density at radius 3 is 2.72 bits per heavy atom. The van der Waals surface area contributed by atoms with Gasteiger partial charge in [0.15, 0.2) is 0 Å². The molecule has 0 atom stereocenters. The molecular formula is C12H14BN5. The second-order valence-corrected chi connectivity index (χ2v) is 4.97. The van der Waals surface area contributed by atoms with Crippen LogP contribution in [0.5, 0.6) is 0 Å². The van der Waals surface area contributed by atoms with Crippen molar-refractivity contribution in [2.75, 3.05) is 5.32 Å². The first-order valence-corrected chi connectivity index (χ1v) is 6.06. The Hall–Kier alpha value is -2.08. The molecule has 0 unspecified atom stereocenters. The van der Waals surface area contributed by atoms with Crippen molar-refractivity contribution in [3.63, 3.8) is 0 Å². The van der Waals surface area contributed by atoms with Gasteiger partial charge in [-0.2, -0.15) is 5.26 Å². The number of nitrogens with zero attached hydrogens (tertiary/aromatic N) is 4. The number of aromatic nitrogens is 2. The minimum atomic E-state index is -0.0472. The SMILES string of the molecule is CC1(Nc2ccnc(C#N)n2)CCB(C#N)CC1. The number of hydrogen-bond acceptors (Lipinski definition) is 5. The van der Waals surface area contributed by atoms with E-state index in [0.29, 0.717) is 5.82 Å². The van der Waals surface area contributed by atoms with Crippen molar-refractivity contribution in [2.24, 2.45) is 0 Å². The van der Waals surface area contributed by atoms with Crippen molar-refractivity contribution in [2.45, 2.75) is 37.9 Å². The standard InChI is InChI=1S/C12H14BN5/c1-12(3-5-13(9-15)6-4-12)18-10-2-7-16-11(8-14)17-10/h2,7H,3-6H2,1H3,(H,16,17,18). The summed E-state index contributed by atoms with van der Waals surface area (Å²) >= 11 is 0. The zero-order valence-corrected chi connectivity index (χ0v) is 10.3. The molecule has 0 bridgehead atoms. The molecular weight excluding hydrogens is 225 g/mol. The van der Waals surface area contributed by atoms with Crippen LogP contribution in [0.1, 0.15) is 25.6 Å². The normalized spacial score (nSPS) is 17.6. The number of anilines is 1. The first-order chi connectivity index (χ1) is 8.65. The molecule has 2 rings (SSSR count). The Kier molecular flexibility index (Phi) is 3.48. The fraction of sp³-hybridized carbons (Fsp3) is 0.500. The Balaban J connectivity index is 2.05. The highest BCUT2D eigenvalue weighted by Crippen LogP contribution is 2.31. The molecule has 0 spiro atoms. The smallest absolute Gasteiger partial charge is 0.268 e. The van der Waals surface area contributed by atoms with Crippen LogP contribution in [-0.4, -0.2) is 22.2 Å². The largest absolute Gasteiger partial charge is 0.365 e. The Morgan fingerprint density at radius 1 is 1.39 bits per heavy atom. The molecule has 0 amide bonds. The molecule has 90 valence electrons. The van der Waals surface area contributed by atoms with E-state index >= 15 is 0 Å². The highest BCUT2D eigenvalue weighted by molar-refractivity contribution is 6.67. The highest BCUT2D eigenvalue weighted by Gasteiger charge is 2.33. The summed E-state index contributed by atoms with van der Waals surface area (Å²) in [6.45, 7) is 2.31. The number of rotatable bonds is 2. The van der Waals surface area contributed by atoms with Crippen LogP contribution >= 0.6 is 0 Å². The molecule has 0 radical (unpaired) electrons. The number of nitrogens with one attached hydrogen (secondary N) is 1. The molecule has 2 heterocycles. The van der Waals surface area contributed by atoms with E-state index in [1.165, 1.54) is 0 Å². The summed E-state index contributed by atoms with van der Waals surface area (Å²) in [7, 11) is 0. The summed E-state index contributed by atoms with van der Waals surface area (Å²) in [5.41, 5.74) is -0.0472. The Labute approximate surface area is 107 Å². The lowest BCUT2D eigenvalue weighted by atomic mass is 9.41. The first-order valence-electron chi connectivity index (χ1n) is 6.06. The summed E-state index contributed by atoms with van der Waals surface area (Å²) in [5.74, 6) is 3.18. The second-order valence-electron chi connectivity index (χ2n) is 4.97. The first kappa shape index (κ1) is 12.4. The molecule has 18 heavy (non-hydrogen) atoms. The average Bonchev–Trinajstić information content (AvgIpc) is 2.39. The van der Waals surface area contributed by atoms with Crippen molar-refractivity contribution in [3.05, 3.63) is 18.1 Å². The summed E-state index contributed by atoms with van der Waals surface area (Å²) in [5, 5.41) is 21.0. The maximum Gasteiger partial charge on any atom is 0.268 e. The third-order valence-corrected chi connectivity index (χ3v) is 3.46. The van der Waals surface area contributed by atoms with E-state index in [0.717, 1.165) is 25.5 Å². The molecule has 1 aromatic heterocycles. The quantitative estimate of drug-likeness (QED) is 0.796. The summed E-state index contributed by atoms with van der Waals surface area (Å²) in [6, 6.07) is 3.69. The van der Waals surface area contributed by atoms with Crippen LogP contribution in [0.25, 0.3) is 0 Å². The van der Waals surface area contributed by atoms with Gasteiger partial charge in [-0.1, -0.05) is 12.6 Å². The number of nitriles is 2. The van der Waals surface area contributed by atoms with Gasteiger partial charge in [-0.3, -0.25) is 0 Å². The molecule has 1 saturated heterocycles. The van der Waals surface area contributed by atoms with Gasteiger partial charge in [0.2, 0.25) is 5.82 Å². The van der Waals surface area contributed by atoms with Crippen molar-refractivity contribution < 1.29 is 0 Å². The molecule has 6 heteroatoms. The van der Waals surface area contributed by atoms with Crippen LogP contribution in [0, 0.1) is 22.6 Å². The molecule has 0 saturated carbocycles. The fourth-order valence-corrected chi connectivity index (χ4v) is 2.30. The minimum Gasteiger partial charge on any atom is -0.365 e. The molecule has 1 aromatic rings. The van der Waals surface area contributed by atoms with Crippen LogP contribution in [0.2, 0.25) is 12.6 Å². The molecule has 1 aliphatic heterocycles. The molecule has 5 nitrogen and oxygen atoms in total. The van der Waals surface area contributed by atoms with E-state index in [9.17, 15) is 0 Å². The summed E-state index contributed by atoms with van der Waals surface area (Å²) < 4.78 is 0.